The van der Waals surface area contributed by atoms with Crippen LogP contribution in [-0.4, -0.2) is 48.6 Å². The summed E-state index contributed by atoms with van der Waals surface area (Å²) < 4.78 is 60.2. The summed E-state index contributed by atoms with van der Waals surface area (Å²) in [6, 6.07) is 2.14. The monoisotopic (exact) mass is 576 g/mol. The summed E-state index contributed by atoms with van der Waals surface area (Å²) in [5, 5.41) is 26.5. The molecule has 0 unspecified atom stereocenters. The van der Waals surface area contributed by atoms with Crippen LogP contribution in [-0.2, 0) is 4.79 Å². The molecule has 0 aromatic carbocycles. The Morgan fingerprint density at radius 2 is 1.90 bits per heavy atom. The fourth-order valence-corrected chi connectivity index (χ4v) is 5.51. The number of aromatic nitrogens is 5. The Balaban J connectivity index is 1.37. The van der Waals surface area contributed by atoms with Gasteiger partial charge < -0.3 is 10.6 Å². The van der Waals surface area contributed by atoms with Gasteiger partial charge in [-0.15, -0.1) is 0 Å². The minimum atomic E-state index is -2.77. The van der Waals surface area contributed by atoms with Crippen LogP contribution in [0.25, 0.3) is 5.65 Å². The quantitative estimate of drug-likeness (QED) is 0.359. The second kappa shape index (κ2) is 11.1. The fraction of sp³-hybridized carbons (Fsp3) is 0.577. The first-order chi connectivity index (χ1) is 19.4. The first-order valence-corrected chi connectivity index (χ1v) is 13.3. The fourth-order valence-electron chi connectivity index (χ4n) is 5.51. The number of aryl methyl sites for hydroxylation is 1. The minimum Gasteiger partial charge on any atom is -0.348 e. The van der Waals surface area contributed by atoms with E-state index in [0.717, 1.165) is 0 Å². The molecule has 3 aromatic rings. The van der Waals surface area contributed by atoms with E-state index in [9.17, 15) is 32.4 Å². The summed E-state index contributed by atoms with van der Waals surface area (Å²) in [6.45, 7) is 1.55. The van der Waals surface area contributed by atoms with Crippen LogP contribution in [0.3, 0.4) is 0 Å². The highest BCUT2D eigenvalue weighted by Crippen LogP contribution is 2.44. The van der Waals surface area contributed by atoms with Crippen LogP contribution in [0, 0.1) is 30.1 Å². The molecular formula is C26H28F4N8O3. The van der Waals surface area contributed by atoms with E-state index >= 15 is 0 Å². The van der Waals surface area contributed by atoms with E-state index in [1.807, 2.05) is 6.07 Å². The maximum absolute atomic E-state index is 13.9. The Hall–Kier alpha value is -4.09. The number of nitrogens with zero attached hydrogens (tertiary/aromatic N) is 6. The van der Waals surface area contributed by atoms with Gasteiger partial charge in [0.1, 0.15) is 5.69 Å². The zero-order valence-electron chi connectivity index (χ0n) is 22.1. The molecule has 0 spiro atoms. The first kappa shape index (κ1) is 28.4. The van der Waals surface area contributed by atoms with Crippen molar-refractivity contribution in [2.45, 2.75) is 82.2 Å². The Morgan fingerprint density at radius 1 is 1.17 bits per heavy atom. The molecule has 0 aliphatic heterocycles. The van der Waals surface area contributed by atoms with Crippen LogP contribution in [0.4, 0.5) is 17.6 Å². The van der Waals surface area contributed by atoms with Crippen molar-refractivity contribution in [3.63, 3.8) is 0 Å². The third-order valence-electron chi connectivity index (χ3n) is 7.75. The van der Waals surface area contributed by atoms with E-state index in [4.69, 9.17) is 0 Å². The van der Waals surface area contributed by atoms with Crippen LogP contribution in [0.2, 0.25) is 0 Å². The number of fused-ring (bicyclic) bond motifs is 1. The third-order valence-corrected chi connectivity index (χ3v) is 7.75. The van der Waals surface area contributed by atoms with Crippen molar-refractivity contribution >= 4 is 17.5 Å². The predicted octanol–water partition coefficient (Wildman–Crippen LogP) is 4.22. The van der Waals surface area contributed by atoms with Crippen LogP contribution < -0.4 is 10.6 Å². The zero-order valence-corrected chi connectivity index (χ0v) is 22.1. The lowest BCUT2D eigenvalue weighted by molar-refractivity contribution is -0.134. The Labute approximate surface area is 231 Å². The predicted molar refractivity (Wildman–Crippen MR) is 133 cm³/mol. The van der Waals surface area contributed by atoms with E-state index in [1.165, 1.54) is 10.7 Å². The molecule has 0 radical (unpaired) electrons. The molecule has 3 heterocycles. The lowest BCUT2D eigenvalue weighted by Gasteiger charge is -2.34. The molecule has 5 rings (SSSR count). The molecule has 41 heavy (non-hydrogen) atoms. The van der Waals surface area contributed by atoms with Gasteiger partial charge >= 0.3 is 0 Å². The lowest BCUT2D eigenvalue weighted by Crippen LogP contribution is -2.39. The van der Waals surface area contributed by atoms with E-state index in [2.05, 4.69) is 35.7 Å². The number of halogens is 4. The standard InChI is InChI=1S/C26H28F4N8O3/c1-14-22(37-41-36-14)24(40)35-23(16-2-5-25(27,28)6-3-16)19-13-38-20(33-19)9-17(12-32-38)18(4-7-31)34-21(39)8-15-10-26(29,30)11-15/h9,12-13,15-16,18,23H,2-6,8,10-11H2,1H3,(H,34,39)(H,35,40)/t18-,23+/m1/s1. The van der Waals surface area contributed by atoms with Gasteiger partial charge in [-0.25, -0.2) is 31.7 Å². The number of hydrogen-bond acceptors (Lipinski definition) is 8. The number of amides is 2. The number of alkyl halides is 4. The number of hydrogen-bond donors (Lipinski definition) is 2. The second-order valence-electron chi connectivity index (χ2n) is 10.9. The molecule has 0 bridgehead atoms. The van der Waals surface area contributed by atoms with Crippen LogP contribution >= 0.6 is 0 Å². The molecule has 2 aliphatic carbocycles. The van der Waals surface area contributed by atoms with Crippen LogP contribution in [0.1, 0.15) is 90.9 Å². The van der Waals surface area contributed by atoms with Gasteiger partial charge in [0.25, 0.3) is 5.91 Å². The Kier molecular flexibility index (Phi) is 7.67. The number of carbonyl (C=O) groups is 2. The maximum Gasteiger partial charge on any atom is 0.276 e. The van der Waals surface area contributed by atoms with Crippen molar-refractivity contribution in [1.82, 2.24) is 35.5 Å². The summed E-state index contributed by atoms with van der Waals surface area (Å²) >= 11 is 0. The highest BCUT2D eigenvalue weighted by atomic mass is 19.3. The summed E-state index contributed by atoms with van der Waals surface area (Å²) in [5.74, 6) is -7.28. The van der Waals surface area contributed by atoms with Crippen molar-refractivity contribution in [2.75, 3.05) is 0 Å². The van der Waals surface area contributed by atoms with E-state index in [-0.39, 0.29) is 68.7 Å². The summed E-state index contributed by atoms with van der Waals surface area (Å²) in [6.07, 6.45) is 1.88. The maximum atomic E-state index is 13.9. The molecule has 2 N–H and O–H groups in total. The Bertz CT molecular complexity index is 1460. The normalized spacial score (nSPS) is 20.1. The minimum absolute atomic E-state index is 0.0268. The molecule has 2 amide bonds. The first-order valence-electron chi connectivity index (χ1n) is 13.3. The number of rotatable bonds is 9. The summed E-state index contributed by atoms with van der Waals surface area (Å²) in [7, 11) is 0. The molecule has 3 aromatic heterocycles. The van der Waals surface area contributed by atoms with Crippen molar-refractivity contribution in [2.24, 2.45) is 11.8 Å². The molecule has 2 saturated carbocycles. The average molecular weight is 577 g/mol. The van der Waals surface area contributed by atoms with E-state index in [1.54, 1.807) is 19.2 Å². The third kappa shape index (κ3) is 6.47. The lowest BCUT2D eigenvalue weighted by atomic mass is 9.79. The van der Waals surface area contributed by atoms with Crippen molar-refractivity contribution in [1.29, 1.82) is 5.26 Å². The van der Waals surface area contributed by atoms with Gasteiger partial charge in [-0.1, -0.05) is 5.16 Å². The van der Waals surface area contributed by atoms with Gasteiger partial charge in [0.2, 0.25) is 17.8 Å². The van der Waals surface area contributed by atoms with Gasteiger partial charge in [-0.3, -0.25) is 9.59 Å². The number of carbonyl (C=O) groups excluding carboxylic acids is 2. The SMILES string of the molecule is Cc1nonc1C(=O)N[C@H](c1cn2ncc([C@@H](CC#N)NC(=O)CC3CC(F)(F)C3)cc2n1)C1CCC(F)(F)CC1. The highest BCUT2D eigenvalue weighted by Gasteiger charge is 2.46. The molecule has 15 heteroatoms. The van der Waals surface area contributed by atoms with Gasteiger partial charge in [-0.05, 0) is 48.4 Å². The van der Waals surface area contributed by atoms with Crippen LogP contribution in [0.15, 0.2) is 23.1 Å². The summed E-state index contributed by atoms with van der Waals surface area (Å²) in [5.41, 5.74) is 1.45. The topological polar surface area (TPSA) is 151 Å². The Morgan fingerprint density at radius 3 is 2.54 bits per heavy atom. The highest BCUT2D eigenvalue weighted by molar-refractivity contribution is 5.93. The summed E-state index contributed by atoms with van der Waals surface area (Å²) in [4.78, 5) is 30.1. The number of nitriles is 1. The van der Waals surface area contributed by atoms with Gasteiger partial charge in [-0.2, -0.15) is 10.4 Å². The average Bonchev–Trinajstić information content (AvgIpc) is 3.51. The second-order valence-corrected chi connectivity index (χ2v) is 10.9. The van der Waals surface area contributed by atoms with E-state index in [0.29, 0.717) is 16.9 Å². The molecule has 11 nitrogen and oxygen atoms in total. The number of nitrogens with one attached hydrogen (secondary N) is 2. The molecule has 2 fully saturated rings. The largest absolute Gasteiger partial charge is 0.348 e. The van der Waals surface area contributed by atoms with Crippen molar-refractivity contribution in [3.8, 4) is 6.07 Å². The van der Waals surface area contributed by atoms with Gasteiger partial charge in [0.05, 0.1) is 42.7 Å². The van der Waals surface area contributed by atoms with Crippen LogP contribution in [0.5, 0.6) is 0 Å². The van der Waals surface area contributed by atoms with Gasteiger partial charge in [0.15, 0.2) is 11.3 Å². The molecule has 2 atom stereocenters. The zero-order chi connectivity index (χ0) is 29.4. The van der Waals surface area contributed by atoms with E-state index < -0.39 is 41.7 Å². The smallest absolute Gasteiger partial charge is 0.276 e. The number of imidazole rings is 1. The van der Waals surface area contributed by atoms with Crippen molar-refractivity contribution in [3.05, 3.63) is 41.1 Å². The molecule has 218 valence electrons. The molecular weight excluding hydrogens is 548 g/mol. The van der Waals surface area contributed by atoms with Gasteiger partial charge in [0, 0.05) is 32.1 Å². The molecule has 2 aliphatic rings. The van der Waals surface area contributed by atoms with Crippen molar-refractivity contribution < 1.29 is 31.8 Å². The molecule has 0 saturated heterocycles.